The van der Waals surface area contributed by atoms with Crippen LogP contribution in [-0.4, -0.2) is 28.1 Å². The van der Waals surface area contributed by atoms with E-state index >= 15 is 0 Å². The van der Waals surface area contributed by atoms with Crippen molar-refractivity contribution in [2.45, 2.75) is 6.92 Å². The Morgan fingerprint density at radius 3 is 2.84 bits per heavy atom. The summed E-state index contributed by atoms with van der Waals surface area (Å²) in [4.78, 5) is 10.3. The van der Waals surface area contributed by atoms with Crippen LogP contribution in [0.1, 0.15) is 11.3 Å². The number of aryl methyl sites for hydroxylation is 1. The number of nitrogens with zero attached hydrogens (tertiary/aromatic N) is 4. The zero-order valence-electron chi connectivity index (χ0n) is 10.8. The molecule has 0 saturated carbocycles. The van der Waals surface area contributed by atoms with E-state index in [1.54, 1.807) is 12.3 Å². The van der Waals surface area contributed by atoms with Gasteiger partial charge in [-0.2, -0.15) is 0 Å². The van der Waals surface area contributed by atoms with Crippen LogP contribution in [0.2, 0.25) is 0 Å². The Balaban J connectivity index is 2.36. The molecule has 0 amide bonds. The molecule has 2 rings (SSSR count). The lowest BCUT2D eigenvalue weighted by Crippen LogP contribution is -2.19. The highest BCUT2D eigenvalue weighted by Gasteiger charge is 2.09. The van der Waals surface area contributed by atoms with Gasteiger partial charge in [-0.15, -0.1) is 0 Å². The van der Waals surface area contributed by atoms with Crippen molar-refractivity contribution in [3.63, 3.8) is 0 Å². The molecule has 0 aliphatic rings. The van der Waals surface area contributed by atoms with Gasteiger partial charge in [0.05, 0.1) is 0 Å². The smallest absolute Gasteiger partial charge is 0.230 e. The molecule has 1 heterocycles. The van der Waals surface area contributed by atoms with Gasteiger partial charge in [0, 0.05) is 18.9 Å². The van der Waals surface area contributed by atoms with Crippen LogP contribution in [0.4, 0.5) is 11.6 Å². The number of nitrogens with two attached hydrogens (primary N) is 1. The molecule has 0 unspecified atom stereocenters. The van der Waals surface area contributed by atoms with E-state index in [0.717, 1.165) is 11.3 Å². The summed E-state index contributed by atoms with van der Waals surface area (Å²) in [6, 6.07) is 9.56. The van der Waals surface area contributed by atoms with Gasteiger partial charge in [0.1, 0.15) is 5.69 Å². The van der Waals surface area contributed by atoms with Gasteiger partial charge in [-0.25, -0.2) is 9.97 Å². The maximum Gasteiger partial charge on any atom is 0.230 e. The Labute approximate surface area is 111 Å². The van der Waals surface area contributed by atoms with E-state index in [9.17, 15) is 0 Å². The summed E-state index contributed by atoms with van der Waals surface area (Å²) in [6.07, 6.45) is 1.57. The first-order valence-electron chi connectivity index (χ1n) is 5.73. The molecule has 1 aromatic carbocycles. The minimum atomic E-state index is -0.0405. The minimum Gasteiger partial charge on any atom is -0.409 e. The van der Waals surface area contributed by atoms with Crippen molar-refractivity contribution >= 4 is 17.5 Å². The molecular weight excluding hydrogens is 242 g/mol. The highest BCUT2D eigenvalue weighted by Crippen LogP contribution is 2.20. The number of hydrogen-bond acceptors (Lipinski definition) is 5. The number of anilines is 2. The van der Waals surface area contributed by atoms with E-state index in [4.69, 9.17) is 10.9 Å². The van der Waals surface area contributed by atoms with Crippen molar-refractivity contribution < 1.29 is 5.21 Å². The zero-order valence-corrected chi connectivity index (χ0v) is 10.8. The Morgan fingerprint density at radius 1 is 1.37 bits per heavy atom. The van der Waals surface area contributed by atoms with Crippen molar-refractivity contribution in [3.8, 4) is 0 Å². The van der Waals surface area contributed by atoms with E-state index in [-0.39, 0.29) is 5.84 Å². The predicted molar refractivity (Wildman–Crippen MR) is 73.8 cm³/mol. The second kappa shape index (κ2) is 5.34. The second-order valence-electron chi connectivity index (χ2n) is 4.13. The highest BCUT2D eigenvalue weighted by molar-refractivity contribution is 5.95. The minimum absolute atomic E-state index is 0.0405. The van der Waals surface area contributed by atoms with Gasteiger partial charge >= 0.3 is 0 Å². The van der Waals surface area contributed by atoms with Crippen molar-refractivity contribution in [3.05, 3.63) is 47.8 Å². The number of benzene rings is 1. The Morgan fingerprint density at radius 2 is 2.16 bits per heavy atom. The van der Waals surface area contributed by atoms with Gasteiger partial charge in [-0.05, 0) is 30.7 Å². The molecule has 1 aromatic heterocycles. The number of rotatable bonds is 3. The van der Waals surface area contributed by atoms with Gasteiger partial charge in [-0.1, -0.05) is 17.3 Å². The van der Waals surface area contributed by atoms with Gasteiger partial charge in [-0.3, -0.25) is 0 Å². The molecule has 6 heteroatoms. The number of aromatic nitrogens is 2. The molecule has 3 N–H and O–H groups in total. The van der Waals surface area contributed by atoms with Crippen LogP contribution in [0.3, 0.4) is 0 Å². The first-order chi connectivity index (χ1) is 9.11. The quantitative estimate of drug-likeness (QED) is 0.378. The van der Waals surface area contributed by atoms with Crippen molar-refractivity contribution in [1.29, 1.82) is 0 Å². The molecule has 6 nitrogen and oxygen atoms in total. The predicted octanol–water partition coefficient (Wildman–Crippen LogP) is 1.65. The summed E-state index contributed by atoms with van der Waals surface area (Å²) < 4.78 is 0. The van der Waals surface area contributed by atoms with Crippen molar-refractivity contribution in [2.75, 3.05) is 11.9 Å². The molecule has 0 fully saturated rings. The van der Waals surface area contributed by atoms with Crippen LogP contribution in [0.25, 0.3) is 0 Å². The summed E-state index contributed by atoms with van der Waals surface area (Å²) in [6.45, 7) is 2.02. The molecule has 0 atom stereocenters. The highest BCUT2D eigenvalue weighted by atomic mass is 16.4. The van der Waals surface area contributed by atoms with Crippen LogP contribution in [-0.2, 0) is 0 Å². The lowest BCUT2D eigenvalue weighted by molar-refractivity contribution is 0.318. The molecule has 19 heavy (non-hydrogen) atoms. The largest absolute Gasteiger partial charge is 0.409 e. The van der Waals surface area contributed by atoms with E-state index < -0.39 is 0 Å². The Bertz CT molecular complexity index is 611. The first kappa shape index (κ1) is 12.8. The molecule has 0 saturated heterocycles. The van der Waals surface area contributed by atoms with Gasteiger partial charge < -0.3 is 15.8 Å². The Hall–Kier alpha value is -2.63. The van der Waals surface area contributed by atoms with Crippen LogP contribution in [0.15, 0.2) is 41.7 Å². The van der Waals surface area contributed by atoms with Crippen molar-refractivity contribution in [1.82, 2.24) is 9.97 Å². The lowest BCUT2D eigenvalue weighted by atomic mass is 10.2. The maximum atomic E-state index is 8.66. The molecule has 98 valence electrons. The Kier molecular flexibility index (Phi) is 3.61. The van der Waals surface area contributed by atoms with Crippen LogP contribution < -0.4 is 10.6 Å². The number of hydrogen-bond donors (Lipinski definition) is 2. The fourth-order valence-corrected chi connectivity index (χ4v) is 1.66. The SMILES string of the molecule is Cc1cccc(N(C)c2nccc(/C(N)=N/O)n2)c1. The summed E-state index contributed by atoms with van der Waals surface area (Å²) >= 11 is 0. The van der Waals surface area contributed by atoms with E-state index in [0.29, 0.717) is 11.6 Å². The summed E-state index contributed by atoms with van der Waals surface area (Å²) in [5.74, 6) is 0.441. The van der Waals surface area contributed by atoms with E-state index in [1.165, 1.54) is 0 Å². The van der Waals surface area contributed by atoms with Gasteiger partial charge in [0.15, 0.2) is 5.84 Å². The second-order valence-corrected chi connectivity index (χ2v) is 4.13. The van der Waals surface area contributed by atoms with E-state index in [1.807, 2.05) is 43.1 Å². The van der Waals surface area contributed by atoms with Crippen molar-refractivity contribution in [2.24, 2.45) is 10.9 Å². The fourth-order valence-electron chi connectivity index (χ4n) is 1.66. The topological polar surface area (TPSA) is 87.6 Å². The average molecular weight is 257 g/mol. The molecule has 0 spiro atoms. The standard InChI is InChI=1S/C13H15N5O/c1-9-4-3-5-10(8-9)18(2)13-15-7-6-11(16-13)12(14)17-19/h3-8,19H,1-2H3,(H2,14,17). The molecule has 0 aliphatic carbocycles. The zero-order chi connectivity index (χ0) is 13.8. The van der Waals surface area contributed by atoms with Gasteiger partial charge in [0.2, 0.25) is 5.95 Å². The first-order valence-corrected chi connectivity index (χ1v) is 5.73. The van der Waals surface area contributed by atoms with Crippen LogP contribution in [0, 0.1) is 6.92 Å². The normalized spacial score (nSPS) is 11.4. The molecule has 0 aliphatic heterocycles. The third kappa shape index (κ3) is 2.79. The van der Waals surface area contributed by atoms with Crippen LogP contribution >= 0.6 is 0 Å². The lowest BCUT2D eigenvalue weighted by Gasteiger charge is -2.17. The molecule has 0 radical (unpaired) electrons. The van der Waals surface area contributed by atoms with Crippen LogP contribution in [0.5, 0.6) is 0 Å². The summed E-state index contributed by atoms with van der Waals surface area (Å²) in [5, 5.41) is 11.6. The third-order valence-corrected chi connectivity index (χ3v) is 2.70. The maximum absolute atomic E-state index is 8.66. The molecule has 0 bridgehead atoms. The average Bonchev–Trinajstić information content (AvgIpc) is 2.45. The summed E-state index contributed by atoms with van der Waals surface area (Å²) in [7, 11) is 1.86. The molecular formula is C13H15N5O. The third-order valence-electron chi connectivity index (χ3n) is 2.70. The monoisotopic (exact) mass is 257 g/mol. The fraction of sp³-hybridized carbons (Fsp3) is 0.154. The number of amidine groups is 1. The molecule has 2 aromatic rings. The van der Waals surface area contributed by atoms with E-state index in [2.05, 4.69) is 15.1 Å². The summed E-state index contributed by atoms with van der Waals surface area (Å²) in [5.41, 5.74) is 8.02. The van der Waals surface area contributed by atoms with Gasteiger partial charge in [0.25, 0.3) is 0 Å². The number of oxime groups is 1.